The third kappa shape index (κ3) is 8.44. The van der Waals surface area contributed by atoms with E-state index in [1.807, 2.05) is 0 Å². The fraction of sp³-hybridized carbons (Fsp3) is 1.00. The number of ether oxygens (including phenoxy) is 3. The highest BCUT2D eigenvalue weighted by Crippen LogP contribution is 1.95. The monoisotopic (exact) mass is 205 g/mol. The molecule has 0 aromatic rings. The van der Waals surface area contributed by atoms with E-state index in [0.29, 0.717) is 19.8 Å². The summed E-state index contributed by atoms with van der Waals surface area (Å²) in [6.45, 7) is 5.40. The van der Waals surface area contributed by atoms with Crippen LogP contribution in [0.4, 0.5) is 0 Å². The van der Waals surface area contributed by atoms with E-state index in [-0.39, 0.29) is 6.10 Å². The van der Waals surface area contributed by atoms with Gasteiger partial charge in [0, 0.05) is 26.9 Å². The lowest BCUT2D eigenvalue weighted by atomic mass is 10.3. The van der Waals surface area contributed by atoms with Gasteiger partial charge in [0.1, 0.15) is 0 Å². The molecule has 0 aromatic carbocycles. The van der Waals surface area contributed by atoms with Gasteiger partial charge in [-0.3, -0.25) is 0 Å². The lowest BCUT2D eigenvalue weighted by molar-refractivity contribution is 0.00364. The van der Waals surface area contributed by atoms with Crippen LogP contribution in [0.1, 0.15) is 19.8 Å². The molecule has 4 nitrogen and oxygen atoms in total. The lowest BCUT2D eigenvalue weighted by Gasteiger charge is -2.13. The molecule has 1 atom stereocenters. The van der Waals surface area contributed by atoms with Crippen molar-refractivity contribution >= 4 is 0 Å². The van der Waals surface area contributed by atoms with Crippen molar-refractivity contribution in [3.8, 4) is 0 Å². The third-order valence-electron chi connectivity index (χ3n) is 1.94. The van der Waals surface area contributed by atoms with Gasteiger partial charge in [-0.15, -0.1) is 0 Å². The van der Waals surface area contributed by atoms with Gasteiger partial charge in [0.15, 0.2) is 0 Å². The second-order valence-electron chi connectivity index (χ2n) is 3.10. The number of nitrogens with two attached hydrogens (primary N) is 1. The van der Waals surface area contributed by atoms with Crippen molar-refractivity contribution in [2.24, 2.45) is 5.73 Å². The topological polar surface area (TPSA) is 53.7 Å². The summed E-state index contributed by atoms with van der Waals surface area (Å²) < 4.78 is 15.7. The Balaban J connectivity index is 3.04. The molecule has 0 spiro atoms. The predicted octanol–water partition coefficient (Wildman–Crippen LogP) is 0.793. The summed E-state index contributed by atoms with van der Waals surface area (Å²) in [6, 6.07) is 0. The van der Waals surface area contributed by atoms with E-state index in [1.54, 1.807) is 7.11 Å². The third-order valence-corrected chi connectivity index (χ3v) is 1.94. The molecule has 0 aromatic heterocycles. The maximum absolute atomic E-state index is 5.48. The first-order chi connectivity index (χ1) is 6.85. The van der Waals surface area contributed by atoms with Crippen LogP contribution in [-0.2, 0) is 14.2 Å². The zero-order valence-corrected chi connectivity index (χ0v) is 9.33. The summed E-state index contributed by atoms with van der Waals surface area (Å²) in [6.07, 6.45) is 2.07. The molecule has 0 amide bonds. The number of hydrogen-bond donors (Lipinski definition) is 1. The smallest absolute Gasteiger partial charge is 0.0704 e. The van der Waals surface area contributed by atoms with E-state index in [4.69, 9.17) is 19.9 Å². The van der Waals surface area contributed by atoms with Crippen molar-refractivity contribution in [3.05, 3.63) is 0 Å². The molecule has 86 valence electrons. The maximum atomic E-state index is 5.48. The average Bonchev–Trinajstić information content (AvgIpc) is 2.22. The maximum Gasteiger partial charge on any atom is 0.0704 e. The van der Waals surface area contributed by atoms with Crippen molar-refractivity contribution in [2.45, 2.75) is 25.9 Å². The van der Waals surface area contributed by atoms with Gasteiger partial charge in [-0.2, -0.15) is 0 Å². The van der Waals surface area contributed by atoms with Crippen molar-refractivity contribution in [2.75, 3.05) is 40.1 Å². The van der Waals surface area contributed by atoms with Crippen LogP contribution in [0.3, 0.4) is 0 Å². The Morgan fingerprint density at radius 2 is 1.93 bits per heavy atom. The van der Waals surface area contributed by atoms with Crippen LogP contribution in [-0.4, -0.2) is 46.2 Å². The summed E-state index contributed by atoms with van der Waals surface area (Å²) in [5.74, 6) is 0. The molecule has 0 radical (unpaired) electrons. The van der Waals surface area contributed by atoms with E-state index in [0.717, 1.165) is 26.1 Å². The lowest BCUT2D eigenvalue weighted by Crippen LogP contribution is -2.24. The first-order valence-corrected chi connectivity index (χ1v) is 5.23. The van der Waals surface area contributed by atoms with Crippen molar-refractivity contribution in [3.63, 3.8) is 0 Å². The summed E-state index contributed by atoms with van der Waals surface area (Å²) in [7, 11) is 1.69. The second kappa shape index (κ2) is 10.9. The first-order valence-electron chi connectivity index (χ1n) is 5.23. The van der Waals surface area contributed by atoms with Gasteiger partial charge in [0.25, 0.3) is 0 Å². The van der Waals surface area contributed by atoms with E-state index in [2.05, 4.69) is 6.92 Å². The molecule has 0 aliphatic carbocycles. The molecular weight excluding hydrogens is 182 g/mol. The molecule has 0 aliphatic rings. The minimum Gasteiger partial charge on any atom is -0.385 e. The Kier molecular flexibility index (Phi) is 10.8. The van der Waals surface area contributed by atoms with Crippen LogP contribution in [0.25, 0.3) is 0 Å². The Hall–Kier alpha value is -0.160. The molecule has 1 unspecified atom stereocenters. The molecule has 0 saturated heterocycles. The molecule has 4 heteroatoms. The van der Waals surface area contributed by atoms with Crippen LogP contribution >= 0.6 is 0 Å². The zero-order valence-electron chi connectivity index (χ0n) is 9.33. The fourth-order valence-corrected chi connectivity index (χ4v) is 1.03. The van der Waals surface area contributed by atoms with Crippen LogP contribution < -0.4 is 5.73 Å². The molecule has 0 aliphatic heterocycles. The summed E-state index contributed by atoms with van der Waals surface area (Å²) in [5, 5.41) is 0. The first kappa shape index (κ1) is 13.8. The molecule has 0 saturated carbocycles. The van der Waals surface area contributed by atoms with Crippen LogP contribution in [0, 0.1) is 0 Å². The van der Waals surface area contributed by atoms with Gasteiger partial charge < -0.3 is 19.9 Å². The summed E-state index contributed by atoms with van der Waals surface area (Å²) in [5.41, 5.74) is 5.48. The Morgan fingerprint density at radius 1 is 1.14 bits per heavy atom. The molecule has 0 rings (SSSR count). The highest BCUT2D eigenvalue weighted by Gasteiger charge is 2.02. The minimum absolute atomic E-state index is 0.178. The highest BCUT2D eigenvalue weighted by molar-refractivity contribution is 4.54. The highest BCUT2D eigenvalue weighted by atomic mass is 16.5. The number of methoxy groups -OCH3 is 1. The minimum atomic E-state index is 0.178. The van der Waals surface area contributed by atoms with E-state index in [9.17, 15) is 0 Å². The summed E-state index contributed by atoms with van der Waals surface area (Å²) >= 11 is 0. The number of hydrogen-bond acceptors (Lipinski definition) is 4. The van der Waals surface area contributed by atoms with Gasteiger partial charge in [0.05, 0.1) is 19.3 Å². The molecule has 2 N–H and O–H groups in total. The van der Waals surface area contributed by atoms with E-state index >= 15 is 0 Å². The van der Waals surface area contributed by atoms with Crippen LogP contribution in [0.2, 0.25) is 0 Å². The van der Waals surface area contributed by atoms with Crippen molar-refractivity contribution in [1.82, 2.24) is 0 Å². The van der Waals surface area contributed by atoms with Gasteiger partial charge in [-0.05, 0) is 12.8 Å². The second-order valence-corrected chi connectivity index (χ2v) is 3.10. The van der Waals surface area contributed by atoms with Crippen LogP contribution in [0.5, 0.6) is 0 Å². The standard InChI is InChI=1S/C10H23NO3/c1-3-10(9-11)14-8-7-13-6-4-5-12-2/h10H,3-9,11H2,1-2H3. The van der Waals surface area contributed by atoms with Gasteiger partial charge >= 0.3 is 0 Å². The largest absolute Gasteiger partial charge is 0.385 e. The van der Waals surface area contributed by atoms with Gasteiger partial charge in [-0.25, -0.2) is 0 Å². The normalized spacial score (nSPS) is 13.1. The zero-order chi connectivity index (χ0) is 10.6. The van der Waals surface area contributed by atoms with E-state index in [1.165, 1.54) is 0 Å². The fourth-order valence-electron chi connectivity index (χ4n) is 1.03. The average molecular weight is 205 g/mol. The van der Waals surface area contributed by atoms with Crippen LogP contribution in [0.15, 0.2) is 0 Å². The Bertz CT molecular complexity index is 108. The Morgan fingerprint density at radius 3 is 2.50 bits per heavy atom. The predicted molar refractivity (Wildman–Crippen MR) is 56.4 cm³/mol. The Labute approximate surface area is 86.7 Å². The molecular formula is C10H23NO3. The number of rotatable bonds is 10. The quantitative estimate of drug-likeness (QED) is 0.536. The molecule has 0 bridgehead atoms. The van der Waals surface area contributed by atoms with Gasteiger partial charge in [-0.1, -0.05) is 6.92 Å². The van der Waals surface area contributed by atoms with Crippen molar-refractivity contribution in [1.29, 1.82) is 0 Å². The molecule has 14 heavy (non-hydrogen) atoms. The van der Waals surface area contributed by atoms with Gasteiger partial charge in [0.2, 0.25) is 0 Å². The summed E-state index contributed by atoms with van der Waals surface area (Å²) in [4.78, 5) is 0. The SMILES string of the molecule is CCC(CN)OCCOCCCOC. The van der Waals surface area contributed by atoms with Crippen molar-refractivity contribution < 1.29 is 14.2 Å². The molecule has 0 fully saturated rings. The molecule has 0 heterocycles. The van der Waals surface area contributed by atoms with E-state index < -0.39 is 0 Å².